The zero-order valence-corrected chi connectivity index (χ0v) is 66.9. The van der Waals surface area contributed by atoms with Crippen molar-refractivity contribution >= 4 is 53.0 Å². The monoisotopic (exact) mass is 1750 g/mol. The number of aliphatic hydroxyl groups is 9. The molecule has 9 aliphatic heterocycles. The van der Waals surface area contributed by atoms with Gasteiger partial charge in [0.1, 0.15) is 125 Å². The van der Waals surface area contributed by atoms with Gasteiger partial charge in [-0.15, -0.1) is 0 Å². The van der Waals surface area contributed by atoms with E-state index in [0.717, 1.165) is 54.6 Å². The maximum atomic E-state index is 16.7. The molecular weight excluding hydrogens is 1650 g/mol. The number of nitrogens with two attached hydrogens (primary N) is 2. The normalized spacial score (nSPS) is 32.4. The van der Waals surface area contributed by atoms with Crippen molar-refractivity contribution < 1.29 is 152 Å². The first-order valence-electron chi connectivity index (χ1n) is 39.3. The third-order valence-electron chi connectivity index (χ3n) is 22.6. The molecule has 7 aromatic rings. The quantitative estimate of drug-likeness (QED) is 0.0623. The van der Waals surface area contributed by atoms with Crippen molar-refractivity contribution in [1.29, 1.82) is 0 Å². The fraction of sp³-hybridized carbons (Fsp3) is 0.410. The molecule has 4 fully saturated rings. The van der Waals surface area contributed by atoms with Crippen molar-refractivity contribution in [2.45, 2.75) is 199 Å². The van der Waals surface area contributed by atoms with Crippen LogP contribution >= 0.6 is 11.6 Å². The van der Waals surface area contributed by atoms with Crippen molar-refractivity contribution in [2.75, 3.05) is 13.7 Å². The number of fused-ring (bicyclic) bond motifs is 15. The summed E-state index contributed by atoms with van der Waals surface area (Å²) >= 11 is 7.39. The molecule has 0 radical (unpaired) electrons. The molecule has 25 N–H and O–H groups in total. The molecule has 0 aromatic heterocycles. The number of aliphatic carboxylic acids is 1. The van der Waals surface area contributed by atoms with Crippen LogP contribution in [0.15, 0.2) is 133 Å². The summed E-state index contributed by atoms with van der Waals surface area (Å²) in [6, 6.07) is 9.01. The summed E-state index contributed by atoms with van der Waals surface area (Å²) in [4.78, 5) is 109. The van der Waals surface area contributed by atoms with Crippen molar-refractivity contribution in [3.63, 3.8) is 0 Å². The zero-order chi connectivity index (χ0) is 88.9. The molecule has 11 bridgehead atoms. The topological polar surface area (TPSA) is 631 Å². The summed E-state index contributed by atoms with van der Waals surface area (Å²) in [5, 5.41) is 175. The van der Waals surface area contributed by atoms with E-state index in [1.54, 1.807) is 0 Å². The number of likely N-dealkylation sites (N-methyl/N-ethyl adjacent to an activating group) is 1. The van der Waals surface area contributed by atoms with Gasteiger partial charge in [0.05, 0.1) is 42.1 Å². The Bertz CT molecular complexity index is 5120. The number of carboxylic acid groups (broad SMARTS) is 1. The number of hydrogen-bond donors (Lipinski definition) is 23. The Balaban J connectivity index is 0.962. The number of carbonyl (C=O) groups excluding carboxylic acids is 6. The molecule has 124 heavy (non-hydrogen) atoms. The first-order chi connectivity index (χ1) is 59.0. The molecule has 0 saturated carbocycles. The zero-order valence-electron chi connectivity index (χ0n) is 66.1. The van der Waals surface area contributed by atoms with Crippen LogP contribution in [0.1, 0.15) is 115 Å². The standard InChI is InChI=1S/C83H92ClN9O31/c1-30-64(99)46(85)27-54(115-30)122-72-37-12-20-50(45(84)22-37)120-52-24-38-23-51(73(52)124-83-74(70(105)68(103)53(29-94)121-83)123-55-28-47(86)65(100)31(2)116-55)118-41-17-9-35(10-18-41)67(102)62(92-75(107)57(87-4)33-7-15-42(16-8-33)119-82-71(106)69(104)66(101)32(3)117-82)79(111)88-58(34-5-13-39(95)14-6-34)76(108)90-60(38)78(110)89-59-36-11-19-48(97)43(21-36)56-44(25-40(96)26-49(56)98)61(81(113)114)91-80(112)63(72)93-77(59)109/h5-26,30-32,46-47,53-55,57-72,74,82-83,87,94-106H,27-29,85-86H2,1-4H3,(H,88,111)(H,89,110)(H,90,108)(H,91,112)(H,92,107)(H,93,109)(H,113,114)/t30-,31-,32-,46+,47+,53+,54-,55-,57+,58-,59+,60+,61-,62?,63-,64-,65-,66-,67+,68+,69+,70-,71+,72+,74+,82-,83-/m0/s1. The van der Waals surface area contributed by atoms with Crippen LogP contribution in [0.2, 0.25) is 5.02 Å². The number of nitrogens with one attached hydrogen (secondary N) is 7. The Morgan fingerprint density at radius 3 is 1.73 bits per heavy atom. The number of hydrogen-bond acceptors (Lipinski definition) is 33. The Morgan fingerprint density at radius 2 is 1.11 bits per heavy atom. The van der Waals surface area contributed by atoms with Gasteiger partial charge in [-0.3, -0.25) is 28.8 Å². The van der Waals surface area contributed by atoms with E-state index >= 15 is 24.0 Å². The molecule has 9 aliphatic rings. The SMILES string of the molecule is CN[C@@H](C(=O)NC1C(=O)N[C@@H](c2ccc(O)cc2)C(=O)N[C@H]2C(=O)N[C@H]3C(=O)N[C@H](C(=O)N[C@H](C(=O)O)c4cc(O)cc(O)c4-c4cc3ccc4O)[C@H](O[C@H]3C[C@@H](N)[C@@H](O)[C@H](C)O3)c3ccc(c(Cl)c3)Oc3cc2cc(c3O[C@@H]2O[C@H](CO)[C@@H](O)[C@H](O)[C@H]2O[C@H]2C[C@@H](N)[C@@H](O)[C@H](C)O2)Oc2ccc(cc2)[C@H]1O)c1ccc(O[C@@H]2O[C@@H](C)[C@H](O)[C@@H](O)[C@H]2O)cc1. The number of rotatable bonds is 15. The van der Waals surface area contributed by atoms with Gasteiger partial charge in [0.15, 0.2) is 36.2 Å². The lowest BCUT2D eigenvalue weighted by Gasteiger charge is -2.44. The second kappa shape index (κ2) is 36.9. The van der Waals surface area contributed by atoms with Crippen LogP contribution in [-0.2, 0) is 62.0 Å². The van der Waals surface area contributed by atoms with Gasteiger partial charge in [-0.05, 0) is 140 Å². The summed E-state index contributed by atoms with van der Waals surface area (Å²) in [6.07, 6.45) is -28.8. The molecule has 7 aromatic carbocycles. The number of benzene rings is 7. The predicted molar refractivity (Wildman–Crippen MR) is 424 cm³/mol. The minimum atomic E-state index is -2.36. The number of aliphatic hydroxyl groups excluding tert-OH is 9. The lowest BCUT2D eigenvalue weighted by Crippen LogP contribution is -2.62. The van der Waals surface area contributed by atoms with Crippen LogP contribution in [0, 0.1) is 0 Å². The number of carbonyl (C=O) groups is 7. The maximum Gasteiger partial charge on any atom is 0.330 e. The van der Waals surface area contributed by atoms with E-state index in [1.807, 2.05) is 0 Å². The highest BCUT2D eigenvalue weighted by atomic mass is 35.5. The fourth-order valence-electron chi connectivity index (χ4n) is 15.7. The van der Waals surface area contributed by atoms with E-state index in [9.17, 15) is 81.1 Å². The van der Waals surface area contributed by atoms with Crippen LogP contribution in [0.25, 0.3) is 11.1 Å². The van der Waals surface area contributed by atoms with Gasteiger partial charge in [-0.2, -0.15) is 0 Å². The Hall–Kier alpha value is -11.2. The van der Waals surface area contributed by atoms with Crippen molar-refractivity contribution in [2.24, 2.45) is 11.5 Å². The summed E-state index contributed by atoms with van der Waals surface area (Å²) in [5.74, 6) is -14.8. The van der Waals surface area contributed by atoms with Crippen LogP contribution in [-0.4, -0.2) is 249 Å². The third-order valence-corrected chi connectivity index (χ3v) is 22.9. The second-order valence-corrected chi connectivity index (χ2v) is 31.4. The maximum absolute atomic E-state index is 16.7. The van der Waals surface area contributed by atoms with E-state index in [1.165, 1.54) is 107 Å². The molecule has 41 heteroatoms. The summed E-state index contributed by atoms with van der Waals surface area (Å²) < 4.78 is 63.2. The molecule has 6 amide bonds. The van der Waals surface area contributed by atoms with E-state index < -0.39 is 275 Å². The summed E-state index contributed by atoms with van der Waals surface area (Å²) in [7, 11) is 1.39. The van der Waals surface area contributed by atoms with Crippen LogP contribution in [0.5, 0.6) is 57.5 Å². The smallest absolute Gasteiger partial charge is 0.330 e. The summed E-state index contributed by atoms with van der Waals surface area (Å²) in [6.45, 7) is 3.41. The van der Waals surface area contributed by atoms with E-state index in [-0.39, 0.29) is 63.7 Å². The van der Waals surface area contributed by atoms with Gasteiger partial charge in [0.25, 0.3) is 0 Å². The van der Waals surface area contributed by atoms with Crippen LogP contribution in [0.3, 0.4) is 0 Å². The first kappa shape index (κ1) is 89.1. The van der Waals surface area contributed by atoms with E-state index in [2.05, 4.69) is 37.2 Å². The largest absolute Gasteiger partial charge is 0.508 e. The number of phenols is 4. The number of amides is 6. The van der Waals surface area contributed by atoms with Gasteiger partial charge in [0.2, 0.25) is 53.8 Å². The number of aromatic hydroxyl groups is 4. The molecule has 27 atom stereocenters. The highest BCUT2D eigenvalue weighted by molar-refractivity contribution is 6.32. The molecule has 1 unspecified atom stereocenters. The third kappa shape index (κ3) is 18.5. The molecule has 662 valence electrons. The van der Waals surface area contributed by atoms with Gasteiger partial charge in [-0.25, -0.2) is 4.79 Å². The van der Waals surface area contributed by atoms with Gasteiger partial charge >= 0.3 is 5.97 Å². The molecule has 4 saturated heterocycles. The minimum absolute atomic E-state index is 0.0655. The van der Waals surface area contributed by atoms with Crippen molar-refractivity contribution in [3.05, 3.63) is 177 Å². The second-order valence-electron chi connectivity index (χ2n) is 31.0. The Kier molecular flexibility index (Phi) is 26.5. The van der Waals surface area contributed by atoms with E-state index in [4.69, 9.17) is 70.4 Å². The average molecular weight is 1750 g/mol. The van der Waals surface area contributed by atoms with Crippen LogP contribution in [0.4, 0.5) is 0 Å². The Labute approximate surface area is 709 Å². The fourth-order valence-corrected chi connectivity index (χ4v) is 16.0. The van der Waals surface area contributed by atoms with Crippen molar-refractivity contribution in [3.8, 4) is 68.6 Å². The van der Waals surface area contributed by atoms with E-state index in [0.29, 0.717) is 0 Å². The molecular formula is C83H92ClN9O31. The Morgan fingerprint density at radius 1 is 0.532 bits per heavy atom. The number of carboxylic acids is 1. The lowest BCUT2D eigenvalue weighted by molar-refractivity contribution is -0.330. The average Bonchev–Trinajstić information content (AvgIpc) is 0.765. The van der Waals surface area contributed by atoms with Gasteiger partial charge < -0.3 is 168 Å². The highest BCUT2D eigenvalue weighted by Gasteiger charge is 2.52. The summed E-state index contributed by atoms with van der Waals surface area (Å²) in [5.41, 5.74) is 10.2. The first-order valence-corrected chi connectivity index (χ1v) is 39.7. The van der Waals surface area contributed by atoms with Crippen LogP contribution < -0.4 is 67.6 Å². The number of ether oxygens (including phenoxy) is 10. The number of halogens is 1. The molecule has 0 spiro atoms. The molecule has 40 nitrogen and oxygen atoms in total. The predicted octanol–water partition coefficient (Wildman–Crippen LogP) is -0.354. The van der Waals surface area contributed by atoms with Gasteiger partial charge in [-0.1, -0.05) is 60.1 Å². The van der Waals surface area contributed by atoms with Crippen molar-refractivity contribution in [1.82, 2.24) is 37.2 Å². The molecule has 0 aliphatic carbocycles. The minimum Gasteiger partial charge on any atom is -0.508 e. The molecule has 9 heterocycles. The van der Waals surface area contributed by atoms with Gasteiger partial charge in [0, 0.05) is 47.7 Å². The lowest BCUT2D eigenvalue weighted by atomic mass is 9.89. The number of phenolic OH excluding ortho intramolecular Hbond substituents is 4. The molecule has 16 rings (SSSR count). The highest BCUT2D eigenvalue weighted by Crippen LogP contribution is 2.50.